The molecule has 2 rings (SSSR count). The summed E-state index contributed by atoms with van der Waals surface area (Å²) in [5.41, 5.74) is 0.952. The topological polar surface area (TPSA) is 54.5 Å². The maximum absolute atomic E-state index is 12.5. The average molecular weight is 289 g/mol. The molecule has 2 aromatic carbocycles. The zero-order chi connectivity index (χ0) is 14.8. The van der Waals surface area contributed by atoms with Crippen molar-refractivity contribution >= 4 is 21.5 Å². The minimum Gasteiger partial charge on any atom is -0.295 e. The molecule has 0 radical (unpaired) electrons. The lowest BCUT2D eigenvalue weighted by Crippen LogP contribution is -2.26. The molecule has 0 atom stereocenters. The van der Waals surface area contributed by atoms with Gasteiger partial charge in [-0.2, -0.15) is 0 Å². The first kappa shape index (κ1) is 14.3. The Hall–Kier alpha value is -2.14. The molecule has 0 spiro atoms. The Morgan fingerprint density at radius 2 is 1.65 bits per heavy atom. The highest BCUT2D eigenvalue weighted by molar-refractivity contribution is 7.92. The van der Waals surface area contributed by atoms with E-state index in [1.54, 1.807) is 36.4 Å². The molecule has 0 bridgehead atoms. The molecule has 0 aliphatic rings. The van der Waals surface area contributed by atoms with Crippen LogP contribution in [0.4, 0.5) is 5.69 Å². The monoisotopic (exact) mass is 289 g/mol. The minimum atomic E-state index is -3.67. The van der Waals surface area contributed by atoms with Crippen molar-refractivity contribution in [2.24, 2.45) is 0 Å². The number of ketones is 1. The van der Waals surface area contributed by atoms with Crippen LogP contribution in [0.2, 0.25) is 0 Å². The van der Waals surface area contributed by atoms with Crippen molar-refractivity contribution < 1.29 is 13.2 Å². The van der Waals surface area contributed by atoms with Gasteiger partial charge < -0.3 is 0 Å². The average Bonchev–Trinajstić information content (AvgIpc) is 2.47. The van der Waals surface area contributed by atoms with Crippen LogP contribution in [0.1, 0.15) is 17.3 Å². The van der Waals surface area contributed by atoms with Crippen molar-refractivity contribution in [3.05, 3.63) is 60.2 Å². The standard InChI is InChI=1S/C15H15NO3S/c1-12(17)13-7-6-10-15(11-13)20(18,19)16(2)14-8-4-3-5-9-14/h3-11H,1-2H3. The first-order chi connectivity index (χ1) is 9.43. The molecular weight excluding hydrogens is 274 g/mol. The van der Waals surface area contributed by atoms with Gasteiger partial charge in [-0.05, 0) is 31.2 Å². The molecule has 0 saturated heterocycles. The summed E-state index contributed by atoms with van der Waals surface area (Å²) >= 11 is 0. The molecule has 0 unspecified atom stereocenters. The lowest BCUT2D eigenvalue weighted by molar-refractivity contribution is 0.101. The second kappa shape index (κ2) is 5.46. The van der Waals surface area contributed by atoms with Crippen LogP contribution in [0.25, 0.3) is 0 Å². The quantitative estimate of drug-likeness (QED) is 0.813. The third-order valence-electron chi connectivity index (χ3n) is 3.02. The summed E-state index contributed by atoms with van der Waals surface area (Å²) in [5, 5.41) is 0. The molecule has 0 saturated carbocycles. The van der Waals surface area contributed by atoms with Gasteiger partial charge in [-0.1, -0.05) is 30.3 Å². The summed E-state index contributed by atoms with van der Waals surface area (Å²) in [5.74, 6) is -0.163. The summed E-state index contributed by atoms with van der Waals surface area (Å²) in [6, 6.07) is 14.9. The van der Waals surface area contributed by atoms with Gasteiger partial charge in [0.05, 0.1) is 10.6 Å². The number of Topliss-reactive ketones (excluding diaryl/α,β-unsaturated/α-hetero) is 1. The van der Waals surface area contributed by atoms with Gasteiger partial charge in [-0.15, -0.1) is 0 Å². The normalized spacial score (nSPS) is 11.1. The first-order valence-electron chi connectivity index (χ1n) is 6.08. The zero-order valence-electron chi connectivity index (χ0n) is 11.3. The van der Waals surface area contributed by atoms with Gasteiger partial charge in [-0.25, -0.2) is 8.42 Å². The van der Waals surface area contributed by atoms with E-state index in [1.807, 2.05) is 6.07 Å². The SMILES string of the molecule is CC(=O)c1cccc(S(=O)(=O)N(C)c2ccccc2)c1. The first-order valence-corrected chi connectivity index (χ1v) is 7.52. The summed E-state index contributed by atoms with van der Waals surface area (Å²) in [6.07, 6.45) is 0. The van der Waals surface area contributed by atoms with E-state index in [2.05, 4.69) is 0 Å². The largest absolute Gasteiger partial charge is 0.295 e. The molecule has 0 N–H and O–H groups in total. The van der Waals surface area contributed by atoms with E-state index in [0.29, 0.717) is 11.3 Å². The van der Waals surface area contributed by atoms with Crippen LogP contribution in [0, 0.1) is 0 Å². The van der Waals surface area contributed by atoms with Crippen LogP contribution in [0.5, 0.6) is 0 Å². The summed E-state index contributed by atoms with van der Waals surface area (Å²) in [7, 11) is -2.18. The molecule has 0 aliphatic carbocycles. The summed E-state index contributed by atoms with van der Waals surface area (Å²) in [6.45, 7) is 1.41. The second-order valence-corrected chi connectivity index (χ2v) is 6.36. The summed E-state index contributed by atoms with van der Waals surface area (Å²) in [4.78, 5) is 11.5. The molecule has 0 amide bonds. The van der Waals surface area contributed by atoms with Crippen molar-refractivity contribution in [3.63, 3.8) is 0 Å². The fourth-order valence-electron chi connectivity index (χ4n) is 1.81. The van der Waals surface area contributed by atoms with E-state index >= 15 is 0 Å². The Morgan fingerprint density at radius 3 is 2.25 bits per heavy atom. The molecule has 5 heteroatoms. The number of carbonyl (C=O) groups is 1. The molecule has 4 nitrogen and oxygen atoms in total. The van der Waals surface area contributed by atoms with E-state index in [-0.39, 0.29) is 10.7 Å². The van der Waals surface area contributed by atoms with Crippen molar-refractivity contribution in [1.82, 2.24) is 0 Å². The molecule has 2 aromatic rings. The predicted octanol–water partition coefficient (Wildman–Crippen LogP) is 2.71. The van der Waals surface area contributed by atoms with Crippen LogP contribution in [0.15, 0.2) is 59.5 Å². The highest BCUT2D eigenvalue weighted by atomic mass is 32.2. The van der Waals surface area contributed by atoms with Gasteiger partial charge in [0.2, 0.25) is 0 Å². The molecule has 0 fully saturated rings. The maximum Gasteiger partial charge on any atom is 0.264 e. The molecule has 104 valence electrons. The van der Waals surface area contributed by atoms with E-state index in [0.717, 1.165) is 0 Å². The maximum atomic E-state index is 12.5. The lowest BCUT2D eigenvalue weighted by atomic mass is 10.2. The third kappa shape index (κ3) is 2.72. The Balaban J connectivity index is 2.45. The van der Waals surface area contributed by atoms with Crippen LogP contribution in [-0.4, -0.2) is 21.2 Å². The number of benzene rings is 2. The van der Waals surface area contributed by atoms with E-state index in [1.165, 1.54) is 30.4 Å². The molecule has 0 aromatic heterocycles. The number of sulfonamides is 1. The second-order valence-electron chi connectivity index (χ2n) is 4.39. The predicted molar refractivity (Wildman–Crippen MR) is 78.5 cm³/mol. The van der Waals surface area contributed by atoms with Crippen LogP contribution in [0.3, 0.4) is 0 Å². The Kier molecular flexibility index (Phi) is 3.90. The highest BCUT2D eigenvalue weighted by Gasteiger charge is 2.21. The van der Waals surface area contributed by atoms with Crippen LogP contribution in [-0.2, 0) is 10.0 Å². The van der Waals surface area contributed by atoms with Gasteiger partial charge in [-0.3, -0.25) is 9.10 Å². The molecule has 20 heavy (non-hydrogen) atoms. The number of nitrogens with zero attached hydrogens (tertiary/aromatic N) is 1. The fourth-order valence-corrected chi connectivity index (χ4v) is 3.05. The smallest absolute Gasteiger partial charge is 0.264 e. The third-order valence-corrected chi connectivity index (χ3v) is 4.80. The lowest BCUT2D eigenvalue weighted by Gasteiger charge is -2.19. The van der Waals surface area contributed by atoms with Gasteiger partial charge in [0, 0.05) is 12.6 Å². The van der Waals surface area contributed by atoms with Crippen molar-refractivity contribution in [2.45, 2.75) is 11.8 Å². The molecule has 0 aliphatic heterocycles. The van der Waals surface area contributed by atoms with Crippen LogP contribution < -0.4 is 4.31 Å². The molecule has 0 heterocycles. The summed E-state index contributed by atoms with van der Waals surface area (Å²) < 4.78 is 26.2. The van der Waals surface area contributed by atoms with Gasteiger partial charge in [0.1, 0.15) is 0 Å². The van der Waals surface area contributed by atoms with E-state index in [4.69, 9.17) is 0 Å². The number of hydrogen-bond acceptors (Lipinski definition) is 3. The van der Waals surface area contributed by atoms with Crippen LogP contribution >= 0.6 is 0 Å². The van der Waals surface area contributed by atoms with Crippen molar-refractivity contribution in [1.29, 1.82) is 0 Å². The van der Waals surface area contributed by atoms with Gasteiger partial charge in [0.25, 0.3) is 10.0 Å². The van der Waals surface area contributed by atoms with Crippen molar-refractivity contribution in [3.8, 4) is 0 Å². The van der Waals surface area contributed by atoms with Gasteiger partial charge in [0.15, 0.2) is 5.78 Å². The number of anilines is 1. The fraction of sp³-hybridized carbons (Fsp3) is 0.133. The highest BCUT2D eigenvalue weighted by Crippen LogP contribution is 2.22. The Bertz CT molecular complexity index is 724. The molecular formula is C15H15NO3S. The van der Waals surface area contributed by atoms with E-state index < -0.39 is 10.0 Å². The number of carbonyl (C=O) groups excluding carboxylic acids is 1. The number of hydrogen-bond donors (Lipinski definition) is 0. The Morgan fingerprint density at radius 1 is 1.00 bits per heavy atom. The number of rotatable bonds is 4. The van der Waals surface area contributed by atoms with Crippen molar-refractivity contribution in [2.75, 3.05) is 11.4 Å². The van der Waals surface area contributed by atoms with Gasteiger partial charge >= 0.3 is 0 Å². The minimum absolute atomic E-state index is 0.108. The zero-order valence-corrected chi connectivity index (χ0v) is 12.1. The number of para-hydroxylation sites is 1. The van der Waals surface area contributed by atoms with E-state index in [9.17, 15) is 13.2 Å². The Labute approximate surface area is 118 Å².